The van der Waals surface area contributed by atoms with Gasteiger partial charge in [-0.05, 0) is 50.9 Å². The molecule has 0 aromatic carbocycles. The van der Waals surface area contributed by atoms with Crippen molar-refractivity contribution in [3.05, 3.63) is 23.8 Å². The van der Waals surface area contributed by atoms with Gasteiger partial charge in [0.05, 0.1) is 11.9 Å². The Morgan fingerprint density at radius 2 is 1.96 bits per heavy atom. The highest BCUT2D eigenvalue weighted by Gasteiger charge is 2.59. The standard InChI is InChI=1S/C18H24N4O2/c1-12-10-20-15(11-19-12)17(24)22-7-5-18(6-8-22)9-14(18)16(23)21-13-3-2-4-13/h10-11,13-14H,2-9H2,1H3,(H,21,23)/t14-/m0/s1. The van der Waals surface area contributed by atoms with Gasteiger partial charge in [0, 0.05) is 31.2 Å². The van der Waals surface area contributed by atoms with Gasteiger partial charge in [-0.15, -0.1) is 0 Å². The Labute approximate surface area is 142 Å². The lowest BCUT2D eigenvalue weighted by molar-refractivity contribution is -0.124. The highest BCUT2D eigenvalue weighted by atomic mass is 16.2. The lowest BCUT2D eigenvalue weighted by atomic mass is 9.89. The first-order valence-corrected chi connectivity index (χ1v) is 8.96. The van der Waals surface area contributed by atoms with Crippen LogP contribution in [0.5, 0.6) is 0 Å². The third kappa shape index (κ3) is 2.78. The molecule has 0 radical (unpaired) electrons. The zero-order valence-electron chi connectivity index (χ0n) is 14.1. The van der Waals surface area contributed by atoms with Gasteiger partial charge in [-0.25, -0.2) is 4.98 Å². The van der Waals surface area contributed by atoms with Gasteiger partial charge >= 0.3 is 0 Å². The molecule has 2 amide bonds. The molecule has 2 heterocycles. The van der Waals surface area contributed by atoms with Crippen LogP contribution in [0.15, 0.2) is 12.4 Å². The predicted molar refractivity (Wildman–Crippen MR) is 88.2 cm³/mol. The van der Waals surface area contributed by atoms with Crippen LogP contribution in [0.2, 0.25) is 0 Å². The average Bonchev–Trinajstić information content (AvgIpc) is 3.25. The highest BCUT2D eigenvalue weighted by molar-refractivity contribution is 5.92. The van der Waals surface area contributed by atoms with E-state index < -0.39 is 0 Å². The molecule has 3 fully saturated rings. The summed E-state index contributed by atoms with van der Waals surface area (Å²) in [6.07, 6.45) is 9.49. The third-order valence-electron chi connectivity index (χ3n) is 6.00. The van der Waals surface area contributed by atoms with Crippen LogP contribution in [-0.2, 0) is 4.79 Å². The molecule has 1 spiro atoms. The largest absolute Gasteiger partial charge is 0.353 e. The van der Waals surface area contributed by atoms with Gasteiger partial charge in [0.2, 0.25) is 5.91 Å². The molecule has 0 unspecified atom stereocenters. The Kier molecular flexibility index (Phi) is 3.77. The van der Waals surface area contributed by atoms with Crippen molar-refractivity contribution >= 4 is 11.8 Å². The number of piperidine rings is 1. The van der Waals surface area contributed by atoms with Crippen LogP contribution in [0.25, 0.3) is 0 Å². The number of carbonyl (C=O) groups is 2. The second-order valence-electron chi connectivity index (χ2n) is 7.59. The first kappa shape index (κ1) is 15.5. The van der Waals surface area contributed by atoms with E-state index >= 15 is 0 Å². The van der Waals surface area contributed by atoms with Crippen LogP contribution in [0.4, 0.5) is 0 Å². The minimum Gasteiger partial charge on any atom is -0.353 e. The summed E-state index contributed by atoms with van der Waals surface area (Å²) in [5, 5.41) is 3.18. The molecule has 1 saturated heterocycles. The highest BCUT2D eigenvalue weighted by Crippen LogP contribution is 2.59. The van der Waals surface area contributed by atoms with E-state index in [1.807, 2.05) is 11.8 Å². The minimum absolute atomic E-state index is 0.0477. The first-order chi connectivity index (χ1) is 11.6. The second-order valence-corrected chi connectivity index (χ2v) is 7.59. The summed E-state index contributed by atoms with van der Waals surface area (Å²) in [6.45, 7) is 3.27. The Hall–Kier alpha value is -1.98. The minimum atomic E-state index is -0.0477. The predicted octanol–water partition coefficient (Wildman–Crippen LogP) is 1.70. The molecule has 1 aromatic heterocycles. The molecule has 1 aliphatic heterocycles. The maximum absolute atomic E-state index is 12.5. The van der Waals surface area contributed by atoms with Crippen LogP contribution < -0.4 is 5.32 Å². The van der Waals surface area contributed by atoms with Gasteiger partial charge in [-0.1, -0.05) is 0 Å². The van der Waals surface area contributed by atoms with E-state index in [0.29, 0.717) is 24.8 Å². The summed E-state index contributed by atoms with van der Waals surface area (Å²) in [5.74, 6) is 0.354. The number of likely N-dealkylation sites (tertiary alicyclic amines) is 1. The molecular formula is C18H24N4O2. The third-order valence-corrected chi connectivity index (χ3v) is 6.00. The number of rotatable bonds is 3. The molecule has 6 heteroatoms. The van der Waals surface area contributed by atoms with Crippen LogP contribution in [-0.4, -0.2) is 45.8 Å². The zero-order valence-corrected chi connectivity index (χ0v) is 14.1. The number of aryl methyl sites for hydroxylation is 1. The fourth-order valence-electron chi connectivity index (χ4n) is 3.95. The Morgan fingerprint density at radius 1 is 1.21 bits per heavy atom. The number of nitrogens with zero attached hydrogens (tertiary/aromatic N) is 3. The molecule has 6 nitrogen and oxygen atoms in total. The number of aromatic nitrogens is 2. The van der Waals surface area contributed by atoms with Gasteiger partial charge in [-0.3, -0.25) is 14.6 Å². The molecule has 1 N–H and O–H groups in total. The fourth-order valence-corrected chi connectivity index (χ4v) is 3.95. The van der Waals surface area contributed by atoms with E-state index in [0.717, 1.165) is 37.8 Å². The summed E-state index contributed by atoms with van der Waals surface area (Å²) >= 11 is 0. The first-order valence-electron chi connectivity index (χ1n) is 8.96. The summed E-state index contributed by atoms with van der Waals surface area (Å²) in [4.78, 5) is 35.0. The maximum Gasteiger partial charge on any atom is 0.274 e. The molecule has 3 aliphatic rings. The quantitative estimate of drug-likeness (QED) is 0.916. The molecule has 128 valence electrons. The molecule has 2 saturated carbocycles. The molecule has 1 aromatic rings. The van der Waals surface area contributed by atoms with Crippen molar-refractivity contribution in [2.75, 3.05) is 13.1 Å². The van der Waals surface area contributed by atoms with Crippen LogP contribution in [0.1, 0.15) is 54.7 Å². The van der Waals surface area contributed by atoms with Crippen LogP contribution in [0.3, 0.4) is 0 Å². The number of carbonyl (C=O) groups excluding carboxylic acids is 2. The number of nitrogens with one attached hydrogen (secondary N) is 1. The molecule has 0 bridgehead atoms. The van der Waals surface area contributed by atoms with Crippen molar-refractivity contribution in [1.29, 1.82) is 0 Å². The SMILES string of the molecule is Cc1cnc(C(=O)N2CCC3(CC2)C[C@H]3C(=O)NC2CCC2)cn1. The second kappa shape index (κ2) is 5.83. The van der Waals surface area contributed by atoms with Gasteiger partial charge < -0.3 is 10.2 Å². The van der Waals surface area contributed by atoms with Gasteiger partial charge in [0.15, 0.2) is 0 Å². The Bertz CT molecular complexity index is 645. The average molecular weight is 328 g/mol. The van der Waals surface area contributed by atoms with E-state index in [9.17, 15) is 9.59 Å². The molecule has 4 rings (SSSR count). The van der Waals surface area contributed by atoms with E-state index in [1.165, 1.54) is 6.42 Å². The Balaban J connectivity index is 1.31. The monoisotopic (exact) mass is 328 g/mol. The molecular weight excluding hydrogens is 304 g/mol. The van der Waals surface area contributed by atoms with Crippen LogP contribution >= 0.6 is 0 Å². The lowest BCUT2D eigenvalue weighted by Crippen LogP contribution is -2.43. The van der Waals surface area contributed by atoms with Gasteiger partial charge in [0.25, 0.3) is 5.91 Å². The van der Waals surface area contributed by atoms with Crippen LogP contribution in [0, 0.1) is 18.3 Å². The smallest absolute Gasteiger partial charge is 0.274 e. The van der Waals surface area contributed by atoms with Crippen molar-refractivity contribution in [3.8, 4) is 0 Å². The van der Waals surface area contributed by atoms with Crippen molar-refractivity contribution in [2.24, 2.45) is 11.3 Å². The van der Waals surface area contributed by atoms with E-state index in [-0.39, 0.29) is 23.1 Å². The number of hydrogen-bond donors (Lipinski definition) is 1. The number of amides is 2. The van der Waals surface area contributed by atoms with Gasteiger partial charge in [-0.2, -0.15) is 0 Å². The number of hydrogen-bond acceptors (Lipinski definition) is 4. The van der Waals surface area contributed by atoms with Crippen molar-refractivity contribution in [3.63, 3.8) is 0 Å². The fraction of sp³-hybridized carbons (Fsp3) is 0.667. The summed E-state index contributed by atoms with van der Waals surface area (Å²) in [5.41, 5.74) is 1.36. The van der Waals surface area contributed by atoms with E-state index in [1.54, 1.807) is 12.4 Å². The summed E-state index contributed by atoms with van der Waals surface area (Å²) in [6, 6.07) is 0.414. The van der Waals surface area contributed by atoms with E-state index in [4.69, 9.17) is 0 Å². The van der Waals surface area contributed by atoms with Crippen molar-refractivity contribution in [2.45, 2.75) is 51.5 Å². The lowest BCUT2D eigenvalue weighted by Gasteiger charge is -2.33. The summed E-state index contributed by atoms with van der Waals surface area (Å²) < 4.78 is 0. The van der Waals surface area contributed by atoms with Crippen molar-refractivity contribution in [1.82, 2.24) is 20.2 Å². The molecule has 1 atom stereocenters. The van der Waals surface area contributed by atoms with Crippen molar-refractivity contribution < 1.29 is 9.59 Å². The van der Waals surface area contributed by atoms with E-state index in [2.05, 4.69) is 15.3 Å². The zero-order chi connectivity index (χ0) is 16.7. The molecule has 24 heavy (non-hydrogen) atoms. The maximum atomic E-state index is 12.5. The topological polar surface area (TPSA) is 75.2 Å². The molecule has 2 aliphatic carbocycles. The summed E-state index contributed by atoms with van der Waals surface area (Å²) in [7, 11) is 0. The van der Waals surface area contributed by atoms with Gasteiger partial charge in [0.1, 0.15) is 5.69 Å². The Morgan fingerprint density at radius 3 is 2.54 bits per heavy atom. The normalized spacial score (nSPS) is 25.2.